The Morgan fingerprint density at radius 3 is 2.93 bits per heavy atom. The monoisotopic (exact) mass is 267 g/mol. The quantitative estimate of drug-likeness (QED) is 0.909. The maximum absolute atomic E-state index is 10.7. The number of aromatic nitrogens is 1. The number of nitrogens with zero attached hydrogens (tertiary/aromatic N) is 1. The lowest BCUT2D eigenvalue weighted by molar-refractivity contribution is -0.137. The van der Waals surface area contributed by atoms with Crippen molar-refractivity contribution in [2.75, 3.05) is 0 Å². The predicted octanol–water partition coefficient (Wildman–Crippen LogP) is 2.80. The van der Waals surface area contributed by atoms with E-state index in [1.54, 1.807) is 10.8 Å². The molecule has 1 aromatic heterocycles. The minimum absolute atomic E-state index is 0.00877. The molecule has 2 rings (SSSR count). The molecule has 0 unspecified atom stereocenters. The van der Waals surface area contributed by atoms with Gasteiger partial charge in [0, 0.05) is 21.6 Å². The lowest BCUT2D eigenvalue weighted by Gasteiger charge is -2.00. The second kappa shape index (κ2) is 3.70. The molecule has 0 fully saturated rings. The van der Waals surface area contributed by atoms with Gasteiger partial charge in [-0.3, -0.25) is 4.79 Å². The Labute approximate surface area is 95.5 Å². The van der Waals surface area contributed by atoms with Crippen LogP contribution in [0.3, 0.4) is 0 Å². The van der Waals surface area contributed by atoms with Crippen molar-refractivity contribution in [2.24, 2.45) is 0 Å². The molecule has 15 heavy (non-hydrogen) atoms. The highest BCUT2D eigenvalue weighted by Crippen LogP contribution is 2.26. The zero-order valence-electron chi connectivity index (χ0n) is 8.20. The van der Waals surface area contributed by atoms with Crippen LogP contribution in [-0.2, 0) is 11.3 Å². The number of hydrogen-bond acceptors (Lipinski definition) is 1. The number of aryl methyl sites for hydroxylation is 1. The number of fused-ring (bicyclic) bond motifs is 1. The molecule has 0 saturated carbocycles. The standard InChI is InChI=1S/C11H10BrNO2/c1-7-2-3-10-8(4-7)9(12)5-13(10)6-11(14)15/h2-5H,6H2,1H3,(H,14,15). The summed E-state index contributed by atoms with van der Waals surface area (Å²) in [5, 5.41) is 9.81. The van der Waals surface area contributed by atoms with E-state index in [1.165, 1.54) is 0 Å². The molecule has 1 N–H and O–H groups in total. The fraction of sp³-hybridized carbons (Fsp3) is 0.182. The van der Waals surface area contributed by atoms with Gasteiger partial charge in [-0.2, -0.15) is 0 Å². The highest BCUT2D eigenvalue weighted by atomic mass is 79.9. The van der Waals surface area contributed by atoms with Gasteiger partial charge in [0.2, 0.25) is 0 Å². The number of halogens is 1. The van der Waals surface area contributed by atoms with Crippen LogP contribution in [-0.4, -0.2) is 15.6 Å². The van der Waals surface area contributed by atoms with E-state index in [9.17, 15) is 4.79 Å². The van der Waals surface area contributed by atoms with E-state index in [4.69, 9.17) is 5.11 Å². The van der Waals surface area contributed by atoms with E-state index >= 15 is 0 Å². The van der Waals surface area contributed by atoms with Gasteiger partial charge in [-0.1, -0.05) is 11.6 Å². The molecule has 3 nitrogen and oxygen atoms in total. The Morgan fingerprint density at radius 1 is 1.53 bits per heavy atom. The number of carboxylic acid groups (broad SMARTS) is 1. The smallest absolute Gasteiger partial charge is 0.323 e. The van der Waals surface area contributed by atoms with Gasteiger partial charge in [0.05, 0.1) is 0 Å². The van der Waals surface area contributed by atoms with Gasteiger partial charge in [0.15, 0.2) is 0 Å². The van der Waals surface area contributed by atoms with E-state index in [-0.39, 0.29) is 6.54 Å². The van der Waals surface area contributed by atoms with Crippen LogP contribution >= 0.6 is 15.9 Å². The molecule has 0 bridgehead atoms. The molecule has 0 aliphatic heterocycles. The summed E-state index contributed by atoms with van der Waals surface area (Å²) in [4.78, 5) is 10.7. The minimum Gasteiger partial charge on any atom is -0.480 e. The Morgan fingerprint density at radius 2 is 2.27 bits per heavy atom. The maximum Gasteiger partial charge on any atom is 0.323 e. The molecule has 2 aromatic rings. The van der Waals surface area contributed by atoms with E-state index in [2.05, 4.69) is 15.9 Å². The molecule has 0 aliphatic carbocycles. The van der Waals surface area contributed by atoms with Crippen molar-refractivity contribution >= 4 is 32.8 Å². The summed E-state index contributed by atoms with van der Waals surface area (Å²) in [6.07, 6.45) is 1.80. The van der Waals surface area contributed by atoms with Crippen LogP contribution in [0.1, 0.15) is 5.56 Å². The number of hydrogen-bond donors (Lipinski definition) is 1. The van der Waals surface area contributed by atoms with Crippen molar-refractivity contribution in [2.45, 2.75) is 13.5 Å². The number of carbonyl (C=O) groups is 1. The Bertz CT molecular complexity index is 531. The van der Waals surface area contributed by atoms with Crippen molar-refractivity contribution in [1.82, 2.24) is 4.57 Å². The molecule has 0 saturated heterocycles. The molecule has 1 aromatic carbocycles. The predicted molar refractivity (Wildman–Crippen MR) is 62.0 cm³/mol. The van der Waals surface area contributed by atoms with E-state index in [0.717, 1.165) is 20.9 Å². The van der Waals surface area contributed by atoms with Crippen LogP contribution in [0.2, 0.25) is 0 Å². The summed E-state index contributed by atoms with van der Waals surface area (Å²) in [7, 11) is 0. The van der Waals surface area contributed by atoms with Crippen molar-refractivity contribution < 1.29 is 9.90 Å². The highest BCUT2D eigenvalue weighted by Gasteiger charge is 2.08. The number of rotatable bonds is 2. The first kappa shape index (κ1) is 10.2. The molecule has 0 spiro atoms. The molecule has 0 atom stereocenters. The molecule has 78 valence electrons. The van der Waals surface area contributed by atoms with Crippen LogP contribution in [0.15, 0.2) is 28.9 Å². The average Bonchev–Trinajstić information content (AvgIpc) is 2.42. The zero-order valence-corrected chi connectivity index (χ0v) is 9.78. The lowest BCUT2D eigenvalue weighted by Crippen LogP contribution is -2.07. The van der Waals surface area contributed by atoms with Gasteiger partial charge in [-0.15, -0.1) is 0 Å². The van der Waals surface area contributed by atoms with Gasteiger partial charge < -0.3 is 9.67 Å². The lowest BCUT2D eigenvalue weighted by atomic mass is 10.2. The topological polar surface area (TPSA) is 42.2 Å². The zero-order chi connectivity index (χ0) is 11.0. The van der Waals surface area contributed by atoms with E-state index in [0.29, 0.717) is 0 Å². The van der Waals surface area contributed by atoms with Crippen LogP contribution in [0, 0.1) is 6.92 Å². The van der Waals surface area contributed by atoms with Crippen LogP contribution in [0.5, 0.6) is 0 Å². The van der Waals surface area contributed by atoms with Gasteiger partial charge in [-0.05, 0) is 35.0 Å². The van der Waals surface area contributed by atoms with Gasteiger partial charge >= 0.3 is 5.97 Å². The summed E-state index contributed by atoms with van der Waals surface area (Å²) < 4.78 is 2.66. The maximum atomic E-state index is 10.7. The van der Waals surface area contributed by atoms with E-state index in [1.807, 2.05) is 25.1 Å². The first-order valence-electron chi connectivity index (χ1n) is 4.55. The highest BCUT2D eigenvalue weighted by molar-refractivity contribution is 9.10. The molecular formula is C11H10BrNO2. The van der Waals surface area contributed by atoms with Crippen molar-refractivity contribution in [3.05, 3.63) is 34.4 Å². The Hall–Kier alpha value is -1.29. The van der Waals surface area contributed by atoms with Crippen molar-refractivity contribution in [3.63, 3.8) is 0 Å². The van der Waals surface area contributed by atoms with Crippen LogP contribution < -0.4 is 0 Å². The van der Waals surface area contributed by atoms with Gasteiger partial charge in [-0.25, -0.2) is 0 Å². The third-order valence-corrected chi connectivity index (χ3v) is 2.93. The second-order valence-corrected chi connectivity index (χ2v) is 4.37. The summed E-state index contributed by atoms with van der Waals surface area (Å²) >= 11 is 3.43. The SMILES string of the molecule is Cc1ccc2c(c1)c(Br)cn2CC(=O)O. The van der Waals surface area contributed by atoms with Crippen molar-refractivity contribution in [1.29, 1.82) is 0 Å². The Kier molecular flexibility index (Phi) is 2.52. The van der Waals surface area contributed by atoms with Crippen LogP contribution in [0.4, 0.5) is 0 Å². The fourth-order valence-electron chi connectivity index (χ4n) is 1.64. The average molecular weight is 268 g/mol. The normalized spacial score (nSPS) is 10.8. The molecule has 4 heteroatoms. The molecule has 1 heterocycles. The summed E-state index contributed by atoms with van der Waals surface area (Å²) in [6.45, 7) is 2.01. The number of carboxylic acids is 1. The third kappa shape index (κ3) is 1.90. The van der Waals surface area contributed by atoms with Gasteiger partial charge in [0.25, 0.3) is 0 Å². The third-order valence-electron chi connectivity index (χ3n) is 2.29. The summed E-state index contributed by atoms with van der Waals surface area (Å²) in [5.74, 6) is -0.833. The Balaban J connectivity index is 2.62. The van der Waals surface area contributed by atoms with E-state index < -0.39 is 5.97 Å². The summed E-state index contributed by atoms with van der Waals surface area (Å²) in [6, 6.07) is 5.96. The fourth-order valence-corrected chi connectivity index (χ4v) is 2.21. The second-order valence-electron chi connectivity index (χ2n) is 3.52. The summed E-state index contributed by atoms with van der Waals surface area (Å²) in [5.41, 5.74) is 2.10. The number of aliphatic carboxylic acids is 1. The molecule has 0 amide bonds. The largest absolute Gasteiger partial charge is 0.480 e. The molecular weight excluding hydrogens is 258 g/mol. The minimum atomic E-state index is -0.833. The first-order chi connectivity index (χ1) is 7.08. The number of benzene rings is 1. The van der Waals surface area contributed by atoms with Crippen LogP contribution in [0.25, 0.3) is 10.9 Å². The first-order valence-corrected chi connectivity index (χ1v) is 5.34. The van der Waals surface area contributed by atoms with Crippen molar-refractivity contribution in [3.8, 4) is 0 Å². The molecule has 0 aliphatic rings. The molecule has 0 radical (unpaired) electrons. The van der Waals surface area contributed by atoms with Gasteiger partial charge in [0.1, 0.15) is 6.54 Å².